The van der Waals surface area contributed by atoms with Crippen LogP contribution in [-0.4, -0.2) is 65.3 Å². The average molecular weight is 245 g/mol. The van der Waals surface area contributed by atoms with E-state index in [2.05, 4.69) is 5.32 Å². The summed E-state index contributed by atoms with van der Waals surface area (Å²) >= 11 is 0. The van der Waals surface area contributed by atoms with E-state index in [0.29, 0.717) is 0 Å². The van der Waals surface area contributed by atoms with Gasteiger partial charge in [0.2, 0.25) is 5.91 Å². The first kappa shape index (κ1) is 13.9. The van der Waals surface area contributed by atoms with Crippen molar-refractivity contribution >= 4 is 11.9 Å². The monoisotopic (exact) mass is 245 g/mol. The highest BCUT2D eigenvalue weighted by Crippen LogP contribution is 2.07. The number of carbonyl (C=O) groups is 2. The lowest BCUT2D eigenvalue weighted by atomic mass is 10.1. The molecule has 7 nitrogen and oxygen atoms in total. The third kappa shape index (κ3) is 4.68. The number of carboxylic acids is 1. The van der Waals surface area contributed by atoms with Crippen molar-refractivity contribution in [2.45, 2.75) is 24.9 Å². The molecule has 0 bridgehead atoms. The first-order valence-electron chi connectivity index (χ1n) is 5.64. The Morgan fingerprint density at radius 3 is 2.47 bits per heavy atom. The van der Waals surface area contributed by atoms with Gasteiger partial charge in [-0.25, -0.2) is 4.79 Å². The zero-order chi connectivity index (χ0) is 12.8. The zero-order valence-corrected chi connectivity index (χ0v) is 9.63. The number of carbonyl (C=O) groups excluding carboxylic acids is 1. The number of hydrogen-bond acceptors (Lipinski definition) is 5. The third-order valence-electron chi connectivity index (χ3n) is 2.82. The first-order valence-corrected chi connectivity index (χ1v) is 5.64. The first-order chi connectivity index (χ1) is 8.02. The lowest BCUT2D eigenvalue weighted by molar-refractivity contribution is -0.143. The Hall–Kier alpha value is -1.18. The van der Waals surface area contributed by atoms with Crippen molar-refractivity contribution in [1.29, 1.82) is 0 Å². The van der Waals surface area contributed by atoms with E-state index in [1.807, 2.05) is 4.90 Å². The number of likely N-dealkylation sites (tertiary alicyclic amines) is 1. The normalized spacial score (nSPS) is 19.9. The lowest BCUT2D eigenvalue weighted by Crippen LogP contribution is -2.49. The minimum absolute atomic E-state index is 0.149. The van der Waals surface area contributed by atoms with Crippen LogP contribution in [0.25, 0.3) is 0 Å². The minimum Gasteiger partial charge on any atom is -0.480 e. The number of rotatable bonds is 5. The molecule has 0 unspecified atom stereocenters. The van der Waals surface area contributed by atoms with Gasteiger partial charge in [-0.05, 0) is 12.8 Å². The van der Waals surface area contributed by atoms with E-state index in [1.54, 1.807) is 0 Å². The summed E-state index contributed by atoms with van der Waals surface area (Å²) in [6.07, 6.45) is 1.69. The molecule has 0 spiro atoms. The summed E-state index contributed by atoms with van der Waals surface area (Å²) in [4.78, 5) is 24.0. The number of nitrogens with two attached hydrogens (primary N) is 1. The number of nitrogens with one attached hydrogen (secondary N) is 1. The summed E-state index contributed by atoms with van der Waals surface area (Å²) in [6.45, 7) is 1.03. The molecule has 1 aliphatic heterocycles. The standard InChI is InChI=1S/C10H19N3O4/c11-7-1-3-13(4-2-7)5-9(15)12-8(6-14)10(16)17/h7-8,14H,1-6,11H2,(H,12,15)(H,16,17)/t8-/m1/s1. The Morgan fingerprint density at radius 2 is 2.00 bits per heavy atom. The van der Waals surface area contributed by atoms with Crippen molar-refractivity contribution < 1.29 is 19.8 Å². The quantitative estimate of drug-likeness (QED) is 0.444. The molecule has 0 saturated carbocycles. The van der Waals surface area contributed by atoms with Gasteiger partial charge in [-0.3, -0.25) is 9.69 Å². The Kier molecular flexibility index (Phi) is 5.33. The summed E-state index contributed by atoms with van der Waals surface area (Å²) in [6, 6.07) is -1.03. The molecule has 1 rings (SSSR count). The van der Waals surface area contributed by atoms with Crippen LogP contribution in [0.4, 0.5) is 0 Å². The van der Waals surface area contributed by atoms with Crippen LogP contribution in [0.1, 0.15) is 12.8 Å². The van der Waals surface area contributed by atoms with Crippen LogP contribution in [0.5, 0.6) is 0 Å². The van der Waals surface area contributed by atoms with Crippen LogP contribution >= 0.6 is 0 Å². The highest BCUT2D eigenvalue weighted by molar-refractivity contribution is 5.84. The fourth-order valence-electron chi connectivity index (χ4n) is 1.74. The number of piperidine rings is 1. The number of nitrogens with zero attached hydrogens (tertiary/aromatic N) is 1. The molecule has 1 aliphatic rings. The van der Waals surface area contributed by atoms with Gasteiger partial charge in [-0.2, -0.15) is 0 Å². The minimum atomic E-state index is -1.23. The van der Waals surface area contributed by atoms with Gasteiger partial charge in [-0.1, -0.05) is 0 Å². The zero-order valence-electron chi connectivity index (χ0n) is 9.63. The Morgan fingerprint density at radius 1 is 1.41 bits per heavy atom. The predicted molar refractivity (Wildman–Crippen MR) is 60.3 cm³/mol. The molecule has 0 aromatic carbocycles. The summed E-state index contributed by atoms with van der Waals surface area (Å²) in [5.41, 5.74) is 5.73. The second-order valence-corrected chi connectivity index (χ2v) is 4.25. The van der Waals surface area contributed by atoms with Crippen LogP contribution in [0.15, 0.2) is 0 Å². The molecule has 0 aromatic rings. The van der Waals surface area contributed by atoms with Gasteiger partial charge in [0.05, 0.1) is 13.2 Å². The number of carboxylic acid groups (broad SMARTS) is 1. The molecule has 1 heterocycles. The molecular weight excluding hydrogens is 226 g/mol. The van der Waals surface area contributed by atoms with Gasteiger partial charge in [0.15, 0.2) is 0 Å². The van der Waals surface area contributed by atoms with Crippen molar-refractivity contribution in [2.24, 2.45) is 5.73 Å². The Bertz CT molecular complexity index is 277. The Balaban J connectivity index is 2.31. The third-order valence-corrected chi connectivity index (χ3v) is 2.82. The molecule has 17 heavy (non-hydrogen) atoms. The molecular formula is C10H19N3O4. The summed E-state index contributed by atoms with van der Waals surface area (Å²) in [5, 5.41) is 19.7. The summed E-state index contributed by atoms with van der Waals surface area (Å²) in [7, 11) is 0. The van der Waals surface area contributed by atoms with Crippen LogP contribution in [0, 0.1) is 0 Å². The molecule has 5 N–H and O–H groups in total. The van der Waals surface area contributed by atoms with Gasteiger partial charge >= 0.3 is 5.97 Å². The molecule has 0 aliphatic carbocycles. The maximum absolute atomic E-state index is 11.5. The van der Waals surface area contributed by atoms with Crippen molar-refractivity contribution in [1.82, 2.24) is 10.2 Å². The number of aliphatic hydroxyl groups is 1. The average Bonchev–Trinajstić information content (AvgIpc) is 2.28. The number of aliphatic carboxylic acids is 1. The Labute approximate surface area is 99.6 Å². The van der Waals surface area contributed by atoms with Crippen LogP contribution in [0.2, 0.25) is 0 Å². The van der Waals surface area contributed by atoms with Gasteiger partial charge < -0.3 is 21.3 Å². The van der Waals surface area contributed by atoms with Gasteiger partial charge in [0, 0.05) is 19.1 Å². The highest BCUT2D eigenvalue weighted by Gasteiger charge is 2.22. The molecule has 0 aromatic heterocycles. The van der Waals surface area contributed by atoms with Crippen LogP contribution in [0.3, 0.4) is 0 Å². The van der Waals surface area contributed by atoms with Gasteiger partial charge in [0.1, 0.15) is 6.04 Å². The van der Waals surface area contributed by atoms with Crippen molar-refractivity contribution in [2.75, 3.05) is 26.2 Å². The fraction of sp³-hybridized carbons (Fsp3) is 0.800. The van der Waals surface area contributed by atoms with Crippen molar-refractivity contribution in [3.8, 4) is 0 Å². The van der Waals surface area contributed by atoms with Gasteiger partial charge in [0.25, 0.3) is 0 Å². The molecule has 1 atom stereocenters. The number of hydrogen-bond donors (Lipinski definition) is 4. The molecule has 1 fully saturated rings. The SMILES string of the molecule is NC1CCN(CC(=O)N[C@H](CO)C(=O)O)CC1. The lowest BCUT2D eigenvalue weighted by Gasteiger charge is -2.29. The molecule has 98 valence electrons. The summed E-state index contributed by atoms with van der Waals surface area (Å²) < 4.78 is 0. The van der Waals surface area contributed by atoms with Gasteiger partial charge in [-0.15, -0.1) is 0 Å². The molecule has 0 radical (unpaired) electrons. The maximum atomic E-state index is 11.5. The second-order valence-electron chi connectivity index (χ2n) is 4.25. The van der Waals surface area contributed by atoms with E-state index in [1.165, 1.54) is 0 Å². The van der Waals surface area contributed by atoms with E-state index < -0.39 is 18.6 Å². The van der Waals surface area contributed by atoms with Crippen molar-refractivity contribution in [3.63, 3.8) is 0 Å². The molecule has 1 amide bonds. The van der Waals surface area contributed by atoms with E-state index in [0.717, 1.165) is 25.9 Å². The topological polar surface area (TPSA) is 116 Å². The van der Waals surface area contributed by atoms with Crippen molar-refractivity contribution in [3.05, 3.63) is 0 Å². The molecule has 7 heteroatoms. The highest BCUT2D eigenvalue weighted by atomic mass is 16.4. The maximum Gasteiger partial charge on any atom is 0.328 e. The smallest absolute Gasteiger partial charge is 0.328 e. The molecule has 1 saturated heterocycles. The van der Waals surface area contributed by atoms with E-state index >= 15 is 0 Å². The summed E-state index contributed by atoms with van der Waals surface area (Å²) in [5.74, 6) is -1.62. The number of aliphatic hydroxyl groups excluding tert-OH is 1. The second kappa shape index (κ2) is 6.53. The fourth-order valence-corrected chi connectivity index (χ4v) is 1.74. The van der Waals surface area contributed by atoms with Crippen LogP contribution < -0.4 is 11.1 Å². The van der Waals surface area contributed by atoms with E-state index in [4.69, 9.17) is 15.9 Å². The predicted octanol–water partition coefficient (Wildman–Crippen LogP) is -2.03. The van der Waals surface area contributed by atoms with Crippen LogP contribution in [-0.2, 0) is 9.59 Å². The van der Waals surface area contributed by atoms with E-state index in [9.17, 15) is 9.59 Å². The number of amides is 1. The van der Waals surface area contributed by atoms with E-state index in [-0.39, 0.29) is 18.5 Å². The largest absolute Gasteiger partial charge is 0.480 e.